The second-order valence-electron chi connectivity index (χ2n) is 6.08. The van der Waals surface area contributed by atoms with Crippen LogP contribution >= 0.6 is 0 Å². The van der Waals surface area contributed by atoms with Gasteiger partial charge in [-0.05, 0) is 20.8 Å². The van der Waals surface area contributed by atoms with Gasteiger partial charge in [0, 0.05) is 38.8 Å². The van der Waals surface area contributed by atoms with E-state index in [1.54, 1.807) is 0 Å². The quantitative estimate of drug-likeness (QED) is 0.722. The van der Waals surface area contributed by atoms with Gasteiger partial charge in [-0.15, -0.1) is 0 Å². The van der Waals surface area contributed by atoms with E-state index in [9.17, 15) is 0 Å². The Kier molecular flexibility index (Phi) is 6.71. The van der Waals surface area contributed by atoms with E-state index >= 15 is 0 Å². The topological polar surface area (TPSA) is 34.2 Å². The van der Waals surface area contributed by atoms with Crippen LogP contribution in [-0.4, -0.2) is 87.2 Å². The highest BCUT2D eigenvalue weighted by molar-refractivity contribution is 4.73. The number of nitrogens with zero attached hydrogens (tertiary/aromatic N) is 2. The molecular weight excluding hydrogens is 256 g/mol. The molecular formula is C15H30N2O3. The van der Waals surface area contributed by atoms with Crippen molar-refractivity contribution >= 4 is 0 Å². The Morgan fingerprint density at radius 3 is 2.85 bits per heavy atom. The summed E-state index contributed by atoms with van der Waals surface area (Å²) in [5, 5.41) is 0. The first-order chi connectivity index (χ1) is 9.65. The maximum atomic E-state index is 5.97. The lowest BCUT2D eigenvalue weighted by atomic mass is 10.2. The Hall–Kier alpha value is -0.200. The van der Waals surface area contributed by atoms with Crippen molar-refractivity contribution in [3.8, 4) is 0 Å². The van der Waals surface area contributed by atoms with Crippen molar-refractivity contribution in [1.29, 1.82) is 0 Å². The predicted molar refractivity (Wildman–Crippen MR) is 79.1 cm³/mol. The van der Waals surface area contributed by atoms with Crippen LogP contribution in [0, 0.1) is 0 Å². The van der Waals surface area contributed by atoms with E-state index in [1.165, 1.54) is 0 Å². The van der Waals surface area contributed by atoms with Crippen LogP contribution in [0.25, 0.3) is 0 Å². The molecule has 118 valence electrons. The molecule has 2 rings (SSSR count). The zero-order chi connectivity index (χ0) is 14.4. The van der Waals surface area contributed by atoms with Gasteiger partial charge in [0.25, 0.3) is 0 Å². The Bertz CT molecular complexity index is 278. The van der Waals surface area contributed by atoms with Gasteiger partial charge in [0.1, 0.15) is 0 Å². The van der Waals surface area contributed by atoms with Crippen LogP contribution in [0.2, 0.25) is 0 Å². The van der Waals surface area contributed by atoms with E-state index in [-0.39, 0.29) is 6.10 Å². The van der Waals surface area contributed by atoms with Gasteiger partial charge in [0.2, 0.25) is 0 Å². The van der Waals surface area contributed by atoms with Crippen molar-refractivity contribution in [3.05, 3.63) is 0 Å². The first-order valence-electron chi connectivity index (χ1n) is 7.92. The summed E-state index contributed by atoms with van der Waals surface area (Å²) in [7, 11) is 0. The van der Waals surface area contributed by atoms with Crippen molar-refractivity contribution in [2.75, 3.05) is 59.2 Å². The minimum Gasteiger partial charge on any atom is -0.379 e. The third-order valence-corrected chi connectivity index (χ3v) is 4.13. The van der Waals surface area contributed by atoms with Crippen molar-refractivity contribution in [2.24, 2.45) is 0 Å². The van der Waals surface area contributed by atoms with E-state index in [0.717, 1.165) is 59.2 Å². The maximum Gasteiger partial charge on any atom is 0.0674 e. The van der Waals surface area contributed by atoms with Crippen LogP contribution in [-0.2, 0) is 14.2 Å². The third-order valence-electron chi connectivity index (χ3n) is 4.13. The highest BCUT2D eigenvalue weighted by atomic mass is 16.5. The van der Waals surface area contributed by atoms with Crippen molar-refractivity contribution in [3.63, 3.8) is 0 Å². The molecule has 3 unspecified atom stereocenters. The largest absolute Gasteiger partial charge is 0.379 e. The molecule has 0 N–H and O–H groups in total. The van der Waals surface area contributed by atoms with Gasteiger partial charge in [-0.1, -0.05) is 0 Å². The fraction of sp³-hybridized carbons (Fsp3) is 1.00. The molecule has 20 heavy (non-hydrogen) atoms. The minimum absolute atomic E-state index is 0.286. The minimum atomic E-state index is 0.286. The molecule has 2 fully saturated rings. The summed E-state index contributed by atoms with van der Waals surface area (Å²) in [5.74, 6) is 0. The average molecular weight is 286 g/mol. The van der Waals surface area contributed by atoms with Gasteiger partial charge in [0.05, 0.1) is 38.6 Å². The number of hydrogen-bond donors (Lipinski definition) is 0. The van der Waals surface area contributed by atoms with Crippen molar-refractivity contribution in [2.45, 2.75) is 39.0 Å². The number of rotatable bonds is 6. The highest BCUT2D eigenvalue weighted by Crippen LogP contribution is 2.08. The molecule has 2 heterocycles. The second-order valence-corrected chi connectivity index (χ2v) is 6.08. The highest BCUT2D eigenvalue weighted by Gasteiger charge is 2.21. The van der Waals surface area contributed by atoms with E-state index < -0.39 is 0 Å². The number of ether oxygens (including phenoxy) is 3. The van der Waals surface area contributed by atoms with Gasteiger partial charge in [-0.25, -0.2) is 0 Å². The second kappa shape index (κ2) is 8.29. The van der Waals surface area contributed by atoms with Crippen LogP contribution in [0.15, 0.2) is 0 Å². The van der Waals surface area contributed by atoms with E-state index in [2.05, 4.69) is 30.6 Å². The summed E-state index contributed by atoms with van der Waals surface area (Å²) in [5.41, 5.74) is 0. The molecule has 0 radical (unpaired) electrons. The normalized spacial score (nSPS) is 31.4. The molecule has 0 aromatic rings. The molecule has 2 aliphatic heterocycles. The summed E-state index contributed by atoms with van der Waals surface area (Å²) in [6, 6.07) is 0.509. The molecule has 2 aliphatic rings. The molecule has 5 nitrogen and oxygen atoms in total. The lowest BCUT2D eigenvalue weighted by Gasteiger charge is -2.35. The smallest absolute Gasteiger partial charge is 0.0674 e. The molecule has 0 saturated carbocycles. The predicted octanol–water partition coefficient (Wildman–Crippen LogP) is 0.833. The Morgan fingerprint density at radius 1 is 1.25 bits per heavy atom. The number of hydrogen-bond acceptors (Lipinski definition) is 5. The van der Waals surface area contributed by atoms with Gasteiger partial charge < -0.3 is 14.2 Å². The summed E-state index contributed by atoms with van der Waals surface area (Å²) in [6.07, 6.45) is 0.643. The summed E-state index contributed by atoms with van der Waals surface area (Å²) in [6.45, 7) is 15.0. The Labute approximate surface area is 123 Å². The fourth-order valence-electron chi connectivity index (χ4n) is 2.89. The summed E-state index contributed by atoms with van der Waals surface area (Å²) < 4.78 is 17.0. The molecule has 0 aromatic carbocycles. The molecule has 0 aromatic heterocycles. The van der Waals surface area contributed by atoms with Gasteiger partial charge in [-0.2, -0.15) is 0 Å². The standard InChI is InChI=1S/C15H30N2O3/c1-13-12-18-7-6-17(13)11-15(3)20-9-5-16-4-8-19-14(2)10-16/h13-15H,4-12H2,1-3H3. The van der Waals surface area contributed by atoms with Crippen LogP contribution in [0.4, 0.5) is 0 Å². The van der Waals surface area contributed by atoms with Gasteiger partial charge in [-0.3, -0.25) is 9.80 Å². The monoisotopic (exact) mass is 286 g/mol. The Morgan fingerprint density at radius 2 is 2.10 bits per heavy atom. The SMILES string of the molecule is CC1CN(CCOC(C)CN2CCOCC2C)CCO1. The van der Waals surface area contributed by atoms with E-state index in [1.807, 2.05) is 0 Å². The van der Waals surface area contributed by atoms with Crippen LogP contribution < -0.4 is 0 Å². The Balaban J connectivity index is 1.58. The van der Waals surface area contributed by atoms with E-state index in [4.69, 9.17) is 14.2 Å². The van der Waals surface area contributed by atoms with Crippen molar-refractivity contribution in [1.82, 2.24) is 9.80 Å². The van der Waals surface area contributed by atoms with Crippen LogP contribution in [0.3, 0.4) is 0 Å². The number of morpholine rings is 2. The van der Waals surface area contributed by atoms with Gasteiger partial charge >= 0.3 is 0 Å². The van der Waals surface area contributed by atoms with E-state index in [0.29, 0.717) is 12.1 Å². The zero-order valence-electron chi connectivity index (χ0n) is 13.2. The molecule has 0 amide bonds. The maximum absolute atomic E-state index is 5.97. The first kappa shape index (κ1) is 16.2. The van der Waals surface area contributed by atoms with Crippen LogP contribution in [0.1, 0.15) is 20.8 Å². The van der Waals surface area contributed by atoms with Gasteiger partial charge in [0.15, 0.2) is 0 Å². The average Bonchev–Trinajstić information content (AvgIpc) is 2.41. The molecule has 0 spiro atoms. The lowest BCUT2D eigenvalue weighted by molar-refractivity contribution is -0.0487. The first-order valence-corrected chi connectivity index (χ1v) is 7.92. The summed E-state index contributed by atoms with van der Waals surface area (Å²) in [4.78, 5) is 4.89. The zero-order valence-corrected chi connectivity index (χ0v) is 13.2. The molecule has 0 aliphatic carbocycles. The third kappa shape index (κ3) is 5.30. The molecule has 5 heteroatoms. The fourth-order valence-corrected chi connectivity index (χ4v) is 2.89. The summed E-state index contributed by atoms with van der Waals surface area (Å²) >= 11 is 0. The lowest BCUT2D eigenvalue weighted by Crippen LogP contribution is -2.47. The molecule has 3 atom stereocenters. The van der Waals surface area contributed by atoms with Crippen LogP contribution in [0.5, 0.6) is 0 Å². The van der Waals surface area contributed by atoms with Crippen molar-refractivity contribution < 1.29 is 14.2 Å². The molecule has 2 saturated heterocycles. The molecule has 0 bridgehead atoms.